The predicted molar refractivity (Wildman–Crippen MR) is 49.9 cm³/mol. The van der Waals surface area contributed by atoms with E-state index in [1.54, 1.807) is 0 Å². The maximum atomic E-state index is 9.56. The second-order valence-electron chi connectivity index (χ2n) is 4.44. The van der Waals surface area contributed by atoms with Crippen LogP contribution < -0.4 is 5.73 Å². The van der Waals surface area contributed by atoms with Crippen LogP contribution in [-0.4, -0.2) is 41.8 Å². The third-order valence-corrected chi connectivity index (χ3v) is 2.31. The molecule has 3 N–H and O–H groups in total. The van der Waals surface area contributed by atoms with Gasteiger partial charge in [0.05, 0.1) is 5.60 Å². The molecule has 72 valence electrons. The molecular weight excluding hydrogens is 152 g/mol. The first-order valence-corrected chi connectivity index (χ1v) is 4.66. The van der Waals surface area contributed by atoms with Gasteiger partial charge in [0.15, 0.2) is 0 Å². The molecular formula is C9H20N2O. The number of rotatable bonds is 3. The molecule has 0 bridgehead atoms. The van der Waals surface area contributed by atoms with E-state index in [0.29, 0.717) is 5.92 Å². The highest BCUT2D eigenvalue weighted by atomic mass is 16.3. The summed E-state index contributed by atoms with van der Waals surface area (Å²) in [7, 11) is 0. The van der Waals surface area contributed by atoms with Crippen molar-refractivity contribution in [2.24, 2.45) is 11.7 Å². The molecule has 0 amide bonds. The monoisotopic (exact) mass is 172 g/mol. The molecule has 1 aliphatic rings. The lowest BCUT2D eigenvalue weighted by Crippen LogP contribution is -2.37. The smallest absolute Gasteiger partial charge is 0.0718 e. The SMILES string of the molecule is CC(C)(O)CN1CC[C@@H](CN)C1. The fourth-order valence-corrected chi connectivity index (χ4v) is 1.80. The summed E-state index contributed by atoms with van der Waals surface area (Å²) in [4.78, 5) is 2.29. The van der Waals surface area contributed by atoms with Crippen molar-refractivity contribution in [3.8, 4) is 0 Å². The summed E-state index contributed by atoms with van der Waals surface area (Å²) in [5.74, 6) is 0.646. The van der Waals surface area contributed by atoms with Crippen LogP contribution in [-0.2, 0) is 0 Å². The quantitative estimate of drug-likeness (QED) is 0.632. The topological polar surface area (TPSA) is 49.5 Å². The Hall–Kier alpha value is -0.120. The van der Waals surface area contributed by atoms with Crippen molar-refractivity contribution in [1.29, 1.82) is 0 Å². The van der Waals surface area contributed by atoms with Crippen LogP contribution in [0.2, 0.25) is 0 Å². The van der Waals surface area contributed by atoms with Gasteiger partial charge in [0.1, 0.15) is 0 Å². The van der Waals surface area contributed by atoms with Gasteiger partial charge < -0.3 is 15.7 Å². The summed E-state index contributed by atoms with van der Waals surface area (Å²) in [6.45, 7) is 7.39. The highest BCUT2D eigenvalue weighted by molar-refractivity contribution is 4.80. The van der Waals surface area contributed by atoms with E-state index in [-0.39, 0.29) is 0 Å². The minimum atomic E-state index is -0.566. The van der Waals surface area contributed by atoms with Gasteiger partial charge in [0, 0.05) is 13.1 Å². The van der Waals surface area contributed by atoms with Gasteiger partial charge in [0.25, 0.3) is 0 Å². The van der Waals surface area contributed by atoms with Crippen LogP contribution in [0.3, 0.4) is 0 Å². The van der Waals surface area contributed by atoms with Gasteiger partial charge >= 0.3 is 0 Å². The Kier molecular flexibility index (Phi) is 3.09. The summed E-state index contributed by atoms with van der Waals surface area (Å²) in [6, 6.07) is 0. The molecule has 1 aliphatic heterocycles. The molecule has 0 aromatic heterocycles. The maximum absolute atomic E-state index is 9.56. The molecule has 1 heterocycles. The molecule has 1 fully saturated rings. The normalized spacial score (nSPS) is 26.5. The Bertz CT molecular complexity index is 142. The van der Waals surface area contributed by atoms with E-state index in [2.05, 4.69) is 4.90 Å². The van der Waals surface area contributed by atoms with Crippen molar-refractivity contribution >= 4 is 0 Å². The first-order chi connectivity index (χ1) is 5.51. The van der Waals surface area contributed by atoms with Crippen LogP contribution in [0.4, 0.5) is 0 Å². The van der Waals surface area contributed by atoms with Crippen molar-refractivity contribution in [2.75, 3.05) is 26.2 Å². The lowest BCUT2D eigenvalue weighted by molar-refractivity contribution is 0.0429. The van der Waals surface area contributed by atoms with Gasteiger partial charge in [-0.15, -0.1) is 0 Å². The van der Waals surface area contributed by atoms with E-state index in [1.165, 1.54) is 6.42 Å². The lowest BCUT2D eigenvalue weighted by atomic mass is 10.1. The van der Waals surface area contributed by atoms with Crippen LogP contribution in [0, 0.1) is 5.92 Å². The average Bonchev–Trinajstić information content (AvgIpc) is 2.32. The third-order valence-electron chi connectivity index (χ3n) is 2.31. The number of hydrogen-bond donors (Lipinski definition) is 2. The lowest BCUT2D eigenvalue weighted by Gasteiger charge is -2.24. The Labute approximate surface area is 74.5 Å². The Morgan fingerprint density at radius 3 is 2.67 bits per heavy atom. The fourth-order valence-electron chi connectivity index (χ4n) is 1.80. The van der Waals surface area contributed by atoms with Crippen LogP contribution in [0.15, 0.2) is 0 Å². The van der Waals surface area contributed by atoms with Crippen LogP contribution >= 0.6 is 0 Å². The molecule has 1 rings (SSSR count). The van der Waals surface area contributed by atoms with E-state index in [9.17, 15) is 5.11 Å². The van der Waals surface area contributed by atoms with Gasteiger partial charge in [-0.05, 0) is 39.3 Å². The zero-order valence-electron chi connectivity index (χ0n) is 8.08. The number of aliphatic hydroxyl groups is 1. The number of hydrogen-bond acceptors (Lipinski definition) is 3. The second-order valence-corrected chi connectivity index (χ2v) is 4.44. The molecule has 3 heteroatoms. The second kappa shape index (κ2) is 3.73. The zero-order valence-corrected chi connectivity index (χ0v) is 8.08. The molecule has 0 spiro atoms. The molecule has 0 aliphatic carbocycles. The molecule has 1 atom stereocenters. The van der Waals surface area contributed by atoms with Crippen molar-refractivity contribution in [3.63, 3.8) is 0 Å². The van der Waals surface area contributed by atoms with Gasteiger partial charge in [-0.25, -0.2) is 0 Å². The molecule has 0 aromatic carbocycles. The van der Waals surface area contributed by atoms with Gasteiger partial charge in [-0.2, -0.15) is 0 Å². The highest BCUT2D eigenvalue weighted by Gasteiger charge is 2.25. The predicted octanol–water partition coefficient (Wildman–Crippen LogP) is 0.0379. The van der Waals surface area contributed by atoms with Crippen molar-refractivity contribution in [3.05, 3.63) is 0 Å². The molecule has 3 nitrogen and oxygen atoms in total. The van der Waals surface area contributed by atoms with Crippen molar-refractivity contribution in [2.45, 2.75) is 25.9 Å². The summed E-state index contributed by atoms with van der Waals surface area (Å²) in [5, 5.41) is 9.56. The van der Waals surface area contributed by atoms with Crippen molar-refractivity contribution in [1.82, 2.24) is 4.90 Å². The average molecular weight is 172 g/mol. The van der Waals surface area contributed by atoms with E-state index >= 15 is 0 Å². The first kappa shape index (κ1) is 9.96. The van der Waals surface area contributed by atoms with Gasteiger partial charge in [0.2, 0.25) is 0 Å². The number of likely N-dealkylation sites (tertiary alicyclic amines) is 1. The third kappa shape index (κ3) is 3.09. The summed E-state index contributed by atoms with van der Waals surface area (Å²) in [6.07, 6.45) is 1.19. The maximum Gasteiger partial charge on any atom is 0.0718 e. The fraction of sp³-hybridized carbons (Fsp3) is 1.00. The minimum Gasteiger partial charge on any atom is -0.389 e. The summed E-state index contributed by atoms with van der Waals surface area (Å²) >= 11 is 0. The van der Waals surface area contributed by atoms with E-state index in [1.807, 2.05) is 13.8 Å². The number of β-amino-alcohol motifs (C(OH)–C–C–N with tert-alkyl or cyclic N) is 1. The van der Waals surface area contributed by atoms with Gasteiger partial charge in [-0.3, -0.25) is 0 Å². The summed E-state index contributed by atoms with van der Waals surface area (Å²) in [5.41, 5.74) is 5.00. The number of nitrogens with two attached hydrogens (primary N) is 1. The Balaban J connectivity index is 2.28. The van der Waals surface area contributed by atoms with E-state index in [0.717, 1.165) is 26.2 Å². The van der Waals surface area contributed by atoms with Crippen LogP contribution in [0.25, 0.3) is 0 Å². The van der Waals surface area contributed by atoms with Gasteiger partial charge in [-0.1, -0.05) is 0 Å². The number of nitrogens with zero attached hydrogens (tertiary/aromatic N) is 1. The molecule has 0 unspecified atom stereocenters. The molecule has 12 heavy (non-hydrogen) atoms. The van der Waals surface area contributed by atoms with Crippen LogP contribution in [0.5, 0.6) is 0 Å². The molecule has 1 saturated heterocycles. The van der Waals surface area contributed by atoms with E-state index < -0.39 is 5.60 Å². The summed E-state index contributed by atoms with van der Waals surface area (Å²) < 4.78 is 0. The Morgan fingerprint density at radius 2 is 2.25 bits per heavy atom. The first-order valence-electron chi connectivity index (χ1n) is 4.66. The molecule has 0 radical (unpaired) electrons. The van der Waals surface area contributed by atoms with Crippen LogP contribution in [0.1, 0.15) is 20.3 Å². The minimum absolute atomic E-state index is 0.566. The Morgan fingerprint density at radius 1 is 1.58 bits per heavy atom. The standard InChI is InChI=1S/C9H20N2O/c1-9(2,12)7-11-4-3-8(5-10)6-11/h8,12H,3-7,10H2,1-2H3/t8-/m0/s1. The molecule has 0 aromatic rings. The molecule has 0 saturated carbocycles. The zero-order chi connectivity index (χ0) is 9.19. The highest BCUT2D eigenvalue weighted by Crippen LogP contribution is 2.17. The largest absolute Gasteiger partial charge is 0.389 e. The van der Waals surface area contributed by atoms with Crippen molar-refractivity contribution < 1.29 is 5.11 Å². The van der Waals surface area contributed by atoms with E-state index in [4.69, 9.17) is 5.73 Å².